The number of nitrogens with one attached hydrogen (secondary N) is 1. The fraction of sp³-hybridized carbons (Fsp3) is 0.333. The van der Waals surface area contributed by atoms with Crippen LogP contribution in [0.3, 0.4) is 0 Å². The summed E-state index contributed by atoms with van der Waals surface area (Å²) in [4.78, 5) is 36.6. The second kappa shape index (κ2) is 10.5. The number of aromatic nitrogens is 4. The fourth-order valence-electron chi connectivity index (χ4n) is 4.47. The summed E-state index contributed by atoms with van der Waals surface area (Å²) >= 11 is 0. The van der Waals surface area contributed by atoms with Crippen molar-refractivity contribution in [3.05, 3.63) is 82.3 Å². The van der Waals surface area contributed by atoms with Gasteiger partial charge in [0, 0.05) is 24.7 Å². The van der Waals surface area contributed by atoms with Crippen LogP contribution in [0.25, 0.3) is 17.2 Å². The summed E-state index contributed by atoms with van der Waals surface area (Å²) in [6.07, 6.45) is 5.62. The fourth-order valence-corrected chi connectivity index (χ4v) is 4.47. The van der Waals surface area contributed by atoms with Crippen LogP contribution < -0.4 is 10.3 Å². The van der Waals surface area contributed by atoms with E-state index in [1.54, 1.807) is 12.1 Å². The van der Waals surface area contributed by atoms with Crippen LogP contribution in [0.15, 0.2) is 65.5 Å². The number of amides is 1. The number of benzene rings is 2. The van der Waals surface area contributed by atoms with Crippen LogP contribution in [-0.2, 0) is 6.61 Å². The van der Waals surface area contributed by atoms with Crippen molar-refractivity contribution in [3.8, 4) is 17.1 Å². The number of hydrogen-bond acceptors (Lipinski definition) is 5. The van der Waals surface area contributed by atoms with E-state index in [2.05, 4.69) is 15.1 Å². The van der Waals surface area contributed by atoms with Crippen molar-refractivity contribution >= 4 is 11.7 Å². The van der Waals surface area contributed by atoms with Crippen LogP contribution >= 0.6 is 0 Å². The van der Waals surface area contributed by atoms with Crippen LogP contribution in [0.4, 0.5) is 0 Å². The van der Waals surface area contributed by atoms with Gasteiger partial charge in [-0.1, -0.05) is 69.2 Å². The molecule has 5 rings (SSSR count). The summed E-state index contributed by atoms with van der Waals surface area (Å²) in [5.74, 6) is 1.26. The summed E-state index contributed by atoms with van der Waals surface area (Å²) in [7, 11) is 1.87. The lowest BCUT2D eigenvalue weighted by Crippen LogP contribution is -2.38. The van der Waals surface area contributed by atoms with Gasteiger partial charge in [0.1, 0.15) is 12.4 Å². The van der Waals surface area contributed by atoms with Gasteiger partial charge in [0.05, 0.1) is 11.3 Å². The number of nitrogens with zero attached hydrogens (tertiary/aromatic N) is 4. The summed E-state index contributed by atoms with van der Waals surface area (Å²) in [6, 6.07) is 18.4. The zero-order chi connectivity index (χ0) is 23.5. The molecule has 2 aromatic heterocycles. The molecule has 0 bridgehead atoms. The van der Waals surface area contributed by atoms with Gasteiger partial charge in [0.15, 0.2) is 5.82 Å². The van der Waals surface area contributed by atoms with Crippen molar-refractivity contribution in [3.63, 3.8) is 0 Å². The lowest BCUT2D eigenvalue weighted by molar-refractivity contribution is 0.0691. The molecule has 8 nitrogen and oxygen atoms in total. The third-order valence-electron chi connectivity index (χ3n) is 6.37. The predicted octanol–water partition coefficient (Wildman–Crippen LogP) is 4.70. The molecule has 1 amide bonds. The highest BCUT2D eigenvalue weighted by molar-refractivity contribution is 5.97. The Kier molecular flexibility index (Phi) is 7.29. The first-order valence-corrected chi connectivity index (χ1v) is 11.6. The quantitative estimate of drug-likeness (QED) is 0.438. The number of H-pyrrole nitrogens is 1. The van der Waals surface area contributed by atoms with Gasteiger partial charge in [0.2, 0.25) is 0 Å². The molecule has 0 spiro atoms. The molecule has 4 aromatic rings. The molecule has 0 saturated heterocycles. The molecule has 2 heterocycles. The number of ether oxygens (including phenoxy) is 1. The van der Waals surface area contributed by atoms with Gasteiger partial charge in [0.25, 0.3) is 17.2 Å². The number of aromatic amines is 1. The van der Waals surface area contributed by atoms with Gasteiger partial charge in [-0.3, -0.25) is 14.7 Å². The molecular formula is C27H31N5O3. The first kappa shape index (κ1) is 24.2. The molecule has 0 unspecified atom stereocenters. The normalized spacial score (nSPS) is 13.9. The number of carbonyl (C=O) groups is 1. The number of para-hydroxylation sites is 1. The van der Waals surface area contributed by atoms with E-state index in [-0.39, 0.29) is 37.3 Å². The van der Waals surface area contributed by atoms with Crippen molar-refractivity contribution in [2.24, 2.45) is 0 Å². The minimum atomic E-state index is -0.278. The summed E-state index contributed by atoms with van der Waals surface area (Å²) in [5.41, 5.74) is 1.54. The Labute approximate surface area is 204 Å². The van der Waals surface area contributed by atoms with E-state index in [4.69, 9.17) is 4.74 Å². The topological polar surface area (TPSA) is 92.6 Å². The van der Waals surface area contributed by atoms with E-state index in [0.29, 0.717) is 22.8 Å². The Morgan fingerprint density at radius 3 is 2.54 bits per heavy atom. The molecular weight excluding hydrogens is 442 g/mol. The molecule has 1 saturated carbocycles. The van der Waals surface area contributed by atoms with Gasteiger partial charge in [-0.15, -0.1) is 0 Å². The van der Waals surface area contributed by atoms with Crippen molar-refractivity contribution in [2.75, 3.05) is 7.05 Å². The third-order valence-corrected chi connectivity index (χ3v) is 6.37. The highest BCUT2D eigenvalue weighted by Gasteiger charge is 2.25. The third kappa shape index (κ3) is 5.11. The van der Waals surface area contributed by atoms with Crippen molar-refractivity contribution in [1.29, 1.82) is 0 Å². The molecule has 35 heavy (non-hydrogen) atoms. The number of hydrogen-bond donors (Lipinski definition) is 1. The van der Waals surface area contributed by atoms with Crippen molar-refractivity contribution in [2.45, 2.75) is 52.2 Å². The van der Waals surface area contributed by atoms with Crippen molar-refractivity contribution in [1.82, 2.24) is 24.5 Å². The Morgan fingerprint density at radius 2 is 1.77 bits per heavy atom. The lowest BCUT2D eigenvalue weighted by Gasteiger charge is -2.31. The second-order valence-electron chi connectivity index (χ2n) is 8.65. The molecule has 0 atom stereocenters. The molecule has 1 aliphatic rings. The van der Waals surface area contributed by atoms with Gasteiger partial charge >= 0.3 is 0 Å². The van der Waals surface area contributed by atoms with Gasteiger partial charge < -0.3 is 9.64 Å². The first-order chi connectivity index (χ1) is 16.6. The lowest BCUT2D eigenvalue weighted by atomic mass is 9.94. The Bertz CT molecular complexity index is 1360. The maximum Gasteiger partial charge on any atom is 0.274 e. The summed E-state index contributed by atoms with van der Waals surface area (Å²) < 4.78 is 7.29. The minimum Gasteiger partial charge on any atom is -0.486 e. The standard InChI is InChI=1S/C26H27N5O3.CH4/c1-30(20-12-6-3-7-13-20)25(33)21-14-8-9-15-22(21)34-17-19-16-23(32)31-26(27-19)28-24(29-31)18-10-4-2-5-11-18;/h2,4-5,8-11,14-16,20H,3,6-7,12-13,17H2,1H3,(H,27,28,29);1H4. The summed E-state index contributed by atoms with van der Waals surface area (Å²) in [6.45, 7) is 0.0523. The van der Waals surface area contributed by atoms with E-state index in [1.807, 2.05) is 54.4 Å². The van der Waals surface area contributed by atoms with E-state index >= 15 is 0 Å². The van der Waals surface area contributed by atoms with E-state index < -0.39 is 0 Å². The average molecular weight is 474 g/mol. The molecule has 1 N–H and O–H groups in total. The molecule has 1 fully saturated rings. The van der Waals surface area contributed by atoms with Gasteiger partial charge in [-0.2, -0.15) is 9.50 Å². The number of rotatable bonds is 6. The zero-order valence-electron chi connectivity index (χ0n) is 19.1. The Balaban J connectivity index is 0.00000289. The van der Waals surface area contributed by atoms with Crippen molar-refractivity contribution < 1.29 is 9.53 Å². The van der Waals surface area contributed by atoms with Gasteiger partial charge in [-0.25, -0.2) is 4.98 Å². The molecule has 0 aliphatic heterocycles. The molecule has 2 aromatic carbocycles. The van der Waals surface area contributed by atoms with E-state index in [0.717, 1.165) is 31.2 Å². The molecule has 0 radical (unpaired) electrons. The van der Waals surface area contributed by atoms with Crippen LogP contribution in [0.1, 0.15) is 55.6 Å². The van der Waals surface area contributed by atoms with E-state index in [1.165, 1.54) is 17.0 Å². The highest BCUT2D eigenvalue weighted by atomic mass is 16.5. The SMILES string of the molecule is C.CN(C(=O)c1ccccc1OCc1cc(=O)n2[nH]c(-c3ccccc3)nc2n1)C1CCCCC1. The van der Waals surface area contributed by atoms with E-state index in [9.17, 15) is 9.59 Å². The van der Waals surface area contributed by atoms with Crippen LogP contribution in [0, 0.1) is 0 Å². The predicted molar refractivity (Wildman–Crippen MR) is 136 cm³/mol. The van der Waals surface area contributed by atoms with Gasteiger partial charge in [-0.05, 0) is 25.0 Å². The Morgan fingerprint density at radius 1 is 1.06 bits per heavy atom. The number of carbonyl (C=O) groups excluding carboxylic acids is 1. The monoisotopic (exact) mass is 473 g/mol. The zero-order valence-corrected chi connectivity index (χ0v) is 19.1. The largest absolute Gasteiger partial charge is 0.486 e. The van der Waals surface area contributed by atoms with Crippen LogP contribution in [-0.4, -0.2) is 43.5 Å². The maximum absolute atomic E-state index is 13.2. The maximum atomic E-state index is 13.2. The minimum absolute atomic E-state index is 0. The highest BCUT2D eigenvalue weighted by Crippen LogP contribution is 2.26. The second-order valence-corrected chi connectivity index (χ2v) is 8.65. The summed E-state index contributed by atoms with van der Waals surface area (Å²) in [5, 5.41) is 2.99. The molecule has 8 heteroatoms. The van der Waals surface area contributed by atoms with Crippen LogP contribution in [0.5, 0.6) is 5.75 Å². The molecule has 1 aliphatic carbocycles. The number of fused-ring (bicyclic) bond motifs is 1. The average Bonchev–Trinajstić information content (AvgIpc) is 3.33. The van der Waals surface area contributed by atoms with Crippen LogP contribution in [0.2, 0.25) is 0 Å². The first-order valence-electron chi connectivity index (χ1n) is 11.6. The Hall–Kier alpha value is -3.94. The smallest absolute Gasteiger partial charge is 0.274 e. The molecule has 182 valence electrons.